The van der Waals surface area contributed by atoms with Gasteiger partial charge in [-0.2, -0.15) is 4.98 Å². The van der Waals surface area contributed by atoms with Gasteiger partial charge in [-0.15, -0.1) is 4.68 Å². The van der Waals surface area contributed by atoms with Crippen molar-refractivity contribution >= 4 is 30.5 Å². The summed E-state index contributed by atoms with van der Waals surface area (Å²) in [5.41, 5.74) is 7.21. The van der Waals surface area contributed by atoms with Gasteiger partial charge in [-0.25, -0.2) is 4.57 Å². The van der Waals surface area contributed by atoms with E-state index in [-0.39, 0.29) is 12.4 Å². The van der Waals surface area contributed by atoms with Crippen LogP contribution < -0.4 is 15.3 Å². The second-order valence-electron chi connectivity index (χ2n) is 6.34. The number of aryl methyl sites for hydroxylation is 1. The smallest absolute Gasteiger partial charge is 0.387 e. The van der Waals surface area contributed by atoms with E-state index in [2.05, 4.69) is 19.6 Å². The summed E-state index contributed by atoms with van der Waals surface area (Å²) in [7, 11) is -3.05. The second-order valence-corrected chi connectivity index (χ2v) is 7.58. The van der Waals surface area contributed by atoms with E-state index < -0.39 is 39.0 Å². The molecule has 0 unspecified atom stereocenters. The van der Waals surface area contributed by atoms with Gasteiger partial charge in [0.05, 0.1) is 13.2 Å². The van der Waals surface area contributed by atoms with Crippen molar-refractivity contribution in [3.63, 3.8) is 0 Å². The Labute approximate surface area is 152 Å². The van der Waals surface area contributed by atoms with E-state index in [0.717, 1.165) is 0 Å². The molecular weight excluding hydrogens is 383 g/mol. The Kier molecular flexibility index (Phi) is 4.27. The molecule has 146 valence electrons. The number of hydrogen-bond donors (Lipinski definition) is 5. The zero-order valence-electron chi connectivity index (χ0n) is 14.1. The number of aromatic nitrogens is 4. The minimum atomic E-state index is -4.74. The molecule has 0 aliphatic carbocycles. The zero-order chi connectivity index (χ0) is 19.5. The molecule has 0 amide bonds. The van der Waals surface area contributed by atoms with Crippen LogP contribution in [0.1, 0.15) is 5.56 Å². The summed E-state index contributed by atoms with van der Waals surface area (Å²) in [6, 6.07) is 0. The highest BCUT2D eigenvalue weighted by Crippen LogP contribution is 2.41. The van der Waals surface area contributed by atoms with E-state index in [1.54, 1.807) is 11.9 Å². The molecular formula is C13H18N6O7P+. The number of phosphoric ester groups is 1. The van der Waals surface area contributed by atoms with E-state index in [1.165, 1.54) is 11.0 Å². The molecule has 0 bridgehead atoms. The topological polar surface area (TPSA) is 188 Å². The third kappa shape index (κ3) is 3.02. The van der Waals surface area contributed by atoms with Crippen molar-refractivity contribution in [2.75, 3.05) is 17.2 Å². The molecule has 2 aliphatic rings. The summed E-state index contributed by atoms with van der Waals surface area (Å²) >= 11 is 0. The van der Waals surface area contributed by atoms with Crippen LogP contribution in [0, 0.1) is 0 Å². The van der Waals surface area contributed by atoms with Gasteiger partial charge in [0, 0.05) is 5.56 Å². The van der Waals surface area contributed by atoms with Crippen LogP contribution in [0.25, 0.3) is 11.0 Å². The largest absolute Gasteiger partial charge is 0.469 e. The predicted molar refractivity (Wildman–Crippen MR) is 87.8 cm³/mol. The molecule has 4 rings (SSSR count). The van der Waals surface area contributed by atoms with Crippen molar-refractivity contribution in [2.24, 2.45) is 7.05 Å². The molecule has 0 spiro atoms. The Hall–Kier alpha value is -1.99. The Morgan fingerprint density at radius 1 is 1.41 bits per heavy atom. The maximum Gasteiger partial charge on any atom is 0.469 e. The summed E-state index contributed by atoms with van der Waals surface area (Å²) in [4.78, 5) is 27.7. The number of ether oxygens (including phenoxy) is 1. The van der Waals surface area contributed by atoms with Crippen molar-refractivity contribution in [2.45, 2.75) is 31.1 Å². The van der Waals surface area contributed by atoms with Gasteiger partial charge in [-0.3, -0.25) is 4.52 Å². The molecule has 0 saturated carbocycles. The standard InChI is InChI=1S/C13H17N6O7P/c1-18-11-7-5(10(14)17-18)2-19(12(7)16-4-15-11)13-9(21)8(20)6(26-13)3-25-27(22,23)24/h4,6,8-9,13,20-21H,2-3H2,1H3,(H3-,14,17,22,23,24)/p+1/t6-,8-,9-,13-/m1/s1. The number of nitrogens with zero attached hydrogens (tertiary/aromatic N) is 5. The molecule has 2 aromatic heterocycles. The monoisotopic (exact) mass is 401 g/mol. The van der Waals surface area contributed by atoms with E-state index >= 15 is 0 Å². The molecule has 1 saturated heterocycles. The Morgan fingerprint density at radius 2 is 2.15 bits per heavy atom. The van der Waals surface area contributed by atoms with Crippen LogP contribution in [0.5, 0.6) is 0 Å². The quantitative estimate of drug-likeness (QED) is 0.264. The number of hydrogen-bond acceptors (Lipinski definition) is 10. The highest BCUT2D eigenvalue weighted by molar-refractivity contribution is 7.46. The van der Waals surface area contributed by atoms with Gasteiger partial charge < -0.3 is 35.4 Å². The highest BCUT2D eigenvalue weighted by atomic mass is 31.2. The third-order valence-electron chi connectivity index (χ3n) is 4.63. The van der Waals surface area contributed by atoms with Crippen LogP contribution >= 0.6 is 7.82 Å². The van der Waals surface area contributed by atoms with Gasteiger partial charge in [0.1, 0.15) is 30.7 Å². The summed E-state index contributed by atoms with van der Waals surface area (Å²) in [6.07, 6.45) is -3.60. The number of phosphoric acid groups is 1. The fourth-order valence-electron chi connectivity index (χ4n) is 3.41. The average molecular weight is 401 g/mol. The van der Waals surface area contributed by atoms with E-state index in [4.69, 9.17) is 20.3 Å². The molecule has 1 fully saturated rings. The number of nitrogens with two attached hydrogens (primary N) is 1. The van der Waals surface area contributed by atoms with E-state index in [9.17, 15) is 14.8 Å². The molecule has 27 heavy (non-hydrogen) atoms. The summed E-state index contributed by atoms with van der Waals surface area (Å²) in [5, 5.41) is 25.5. The van der Waals surface area contributed by atoms with Crippen molar-refractivity contribution in [1.29, 1.82) is 0 Å². The SMILES string of the molecule is C[n+]1nc(N)c2c3c(ncnc31)N([C@@H]1O[C@H](COP(=O)(O)O)[C@@H](O)[C@H]1O)C2. The lowest BCUT2D eigenvalue weighted by Crippen LogP contribution is -2.43. The Morgan fingerprint density at radius 3 is 2.85 bits per heavy atom. The first-order valence-corrected chi connectivity index (χ1v) is 9.48. The molecule has 14 heteroatoms. The number of rotatable bonds is 4. The Balaban J connectivity index is 1.65. The zero-order valence-corrected chi connectivity index (χ0v) is 15.0. The van der Waals surface area contributed by atoms with Gasteiger partial charge in [-0.1, -0.05) is 5.10 Å². The van der Waals surface area contributed by atoms with Crippen molar-refractivity contribution < 1.29 is 38.5 Å². The molecule has 0 radical (unpaired) electrons. The van der Waals surface area contributed by atoms with Gasteiger partial charge in [0.25, 0.3) is 0 Å². The third-order valence-corrected chi connectivity index (χ3v) is 5.12. The lowest BCUT2D eigenvalue weighted by Gasteiger charge is -2.27. The molecule has 4 heterocycles. The summed E-state index contributed by atoms with van der Waals surface area (Å²) < 4.78 is 22.4. The minimum Gasteiger partial charge on any atom is -0.387 e. The molecule has 13 nitrogen and oxygen atoms in total. The van der Waals surface area contributed by atoms with Crippen LogP contribution in [0.2, 0.25) is 0 Å². The number of aliphatic hydroxyl groups is 2. The predicted octanol–water partition coefficient (Wildman–Crippen LogP) is -2.69. The lowest BCUT2D eigenvalue weighted by molar-refractivity contribution is -0.706. The van der Waals surface area contributed by atoms with Crippen LogP contribution in [0.15, 0.2) is 6.33 Å². The molecule has 2 aliphatic heterocycles. The molecule has 2 aromatic rings. The molecule has 6 N–H and O–H groups in total. The first kappa shape index (κ1) is 18.4. The maximum atomic E-state index is 10.9. The van der Waals surface area contributed by atoms with Gasteiger partial charge in [-0.05, 0) is 4.98 Å². The van der Waals surface area contributed by atoms with E-state index in [1.807, 2.05) is 0 Å². The second kappa shape index (κ2) is 6.27. The van der Waals surface area contributed by atoms with Gasteiger partial charge >= 0.3 is 13.5 Å². The molecule has 4 atom stereocenters. The van der Waals surface area contributed by atoms with Crippen molar-refractivity contribution in [1.82, 2.24) is 15.1 Å². The molecule has 0 aromatic carbocycles. The minimum absolute atomic E-state index is 0.213. The normalized spacial score (nSPS) is 27.7. The fraction of sp³-hybridized carbons (Fsp3) is 0.538. The van der Waals surface area contributed by atoms with Crippen LogP contribution in [0.3, 0.4) is 0 Å². The van der Waals surface area contributed by atoms with Crippen molar-refractivity contribution in [3.8, 4) is 0 Å². The van der Waals surface area contributed by atoms with E-state index in [0.29, 0.717) is 22.4 Å². The first-order chi connectivity index (χ1) is 12.7. The van der Waals surface area contributed by atoms with Gasteiger partial charge in [0.2, 0.25) is 6.33 Å². The number of nitrogen functional groups attached to an aromatic ring is 1. The number of anilines is 2. The van der Waals surface area contributed by atoms with Gasteiger partial charge in [0.15, 0.2) is 17.9 Å². The Bertz CT molecular complexity index is 954. The first-order valence-electron chi connectivity index (χ1n) is 7.95. The number of aliphatic hydroxyl groups excluding tert-OH is 2. The lowest BCUT2D eigenvalue weighted by atomic mass is 10.1. The summed E-state index contributed by atoms with van der Waals surface area (Å²) in [6.45, 7) is -0.373. The van der Waals surface area contributed by atoms with Crippen LogP contribution in [-0.2, 0) is 27.4 Å². The maximum absolute atomic E-state index is 10.9. The highest BCUT2D eigenvalue weighted by Gasteiger charge is 2.49. The summed E-state index contributed by atoms with van der Waals surface area (Å²) in [5.74, 6) is 0.727. The van der Waals surface area contributed by atoms with Crippen LogP contribution in [-0.4, -0.2) is 66.2 Å². The average Bonchev–Trinajstić information content (AvgIpc) is 3.11. The van der Waals surface area contributed by atoms with Crippen molar-refractivity contribution in [3.05, 3.63) is 11.9 Å². The fourth-order valence-corrected chi connectivity index (χ4v) is 3.75. The van der Waals surface area contributed by atoms with Crippen LogP contribution in [0.4, 0.5) is 11.6 Å².